The molecule has 1 aromatic carbocycles. The van der Waals surface area contributed by atoms with Crippen molar-refractivity contribution in [1.29, 1.82) is 0 Å². The van der Waals surface area contributed by atoms with Crippen molar-refractivity contribution >= 4 is 17.3 Å². The second-order valence-corrected chi connectivity index (χ2v) is 7.01. The van der Waals surface area contributed by atoms with E-state index in [4.69, 9.17) is 9.15 Å². The van der Waals surface area contributed by atoms with Gasteiger partial charge in [-0.3, -0.25) is 4.98 Å². The van der Waals surface area contributed by atoms with Crippen molar-refractivity contribution in [3.8, 4) is 22.2 Å². The first-order valence-electron chi connectivity index (χ1n) is 8.60. The van der Waals surface area contributed by atoms with Crippen LogP contribution in [0.4, 0.5) is 0 Å². The van der Waals surface area contributed by atoms with Gasteiger partial charge in [-0.15, -0.1) is 21.5 Å². The standard InChI is InChI=1S/C20H16N4O3S/c1-12-16(28-19(22-12)15-10-6-7-11-21-15)20(25)26-13(2)17-23-24-18(27-17)14-8-4-3-5-9-14/h3-11,13H,1-2H3. The van der Waals surface area contributed by atoms with Crippen LogP contribution in [0, 0.1) is 6.92 Å². The van der Waals surface area contributed by atoms with Crippen LogP contribution in [0.25, 0.3) is 22.2 Å². The van der Waals surface area contributed by atoms with Crippen LogP contribution in [-0.4, -0.2) is 26.1 Å². The molecule has 0 bridgehead atoms. The lowest BCUT2D eigenvalue weighted by atomic mass is 10.2. The van der Waals surface area contributed by atoms with Gasteiger partial charge in [-0.05, 0) is 38.1 Å². The SMILES string of the molecule is Cc1nc(-c2ccccn2)sc1C(=O)OC(C)c1nnc(-c2ccccc2)o1. The first-order valence-corrected chi connectivity index (χ1v) is 9.42. The van der Waals surface area contributed by atoms with Gasteiger partial charge in [-0.1, -0.05) is 24.3 Å². The number of carbonyl (C=O) groups is 1. The fourth-order valence-electron chi connectivity index (χ4n) is 2.55. The number of ether oxygens (including phenoxy) is 1. The molecular formula is C20H16N4O3S. The zero-order valence-electron chi connectivity index (χ0n) is 15.2. The van der Waals surface area contributed by atoms with Crippen LogP contribution in [-0.2, 0) is 4.74 Å². The summed E-state index contributed by atoms with van der Waals surface area (Å²) < 4.78 is 11.2. The fourth-order valence-corrected chi connectivity index (χ4v) is 3.47. The molecule has 28 heavy (non-hydrogen) atoms. The Morgan fingerprint density at radius 1 is 1.11 bits per heavy atom. The molecule has 0 radical (unpaired) electrons. The normalized spacial score (nSPS) is 11.9. The molecule has 0 fully saturated rings. The minimum atomic E-state index is -0.683. The molecular weight excluding hydrogens is 376 g/mol. The molecule has 8 heteroatoms. The molecule has 0 saturated heterocycles. The Hall–Kier alpha value is -3.39. The predicted molar refractivity (Wildman–Crippen MR) is 104 cm³/mol. The van der Waals surface area contributed by atoms with Gasteiger partial charge in [0.1, 0.15) is 9.88 Å². The highest BCUT2D eigenvalue weighted by Gasteiger charge is 2.23. The Morgan fingerprint density at radius 3 is 2.64 bits per heavy atom. The number of aromatic nitrogens is 4. The third-order valence-electron chi connectivity index (χ3n) is 3.96. The quantitative estimate of drug-likeness (QED) is 0.462. The summed E-state index contributed by atoms with van der Waals surface area (Å²) in [5, 5.41) is 8.69. The summed E-state index contributed by atoms with van der Waals surface area (Å²) in [6, 6.07) is 15.0. The Morgan fingerprint density at radius 2 is 1.89 bits per heavy atom. The predicted octanol–water partition coefficient (Wildman–Crippen LogP) is 4.48. The molecule has 0 aliphatic carbocycles. The molecule has 1 atom stereocenters. The first-order chi connectivity index (χ1) is 13.6. The van der Waals surface area contributed by atoms with E-state index in [0.717, 1.165) is 5.56 Å². The van der Waals surface area contributed by atoms with Crippen LogP contribution in [0.1, 0.15) is 34.3 Å². The Kier molecular flexibility index (Phi) is 4.94. The van der Waals surface area contributed by atoms with E-state index in [-0.39, 0.29) is 5.89 Å². The number of nitrogens with zero attached hydrogens (tertiary/aromatic N) is 4. The summed E-state index contributed by atoms with van der Waals surface area (Å²) in [5.41, 5.74) is 2.11. The average molecular weight is 392 g/mol. The van der Waals surface area contributed by atoms with Gasteiger partial charge >= 0.3 is 5.97 Å². The van der Waals surface area contributed by atoms with Crippen molar-refractivity contribution in [1.82, 2.24) is 20.2 Å². The fraction of sp³-hybridized carbons (Fsp3) is 0.150. The van der Waals surface area contributed by atoms with Gasteiger partial charge in [-0.25, -0.2) is 9.78 Å². The van der Waals surface area contributed by atoms with Gasteiger partial charge in [0.05, 0.1) is 11.4 Å². The Bertz CT molecular complexity index is 1090. The van der Waals surface area contributed by atoms with Gasteiger partial charge in [0.15, 0.2) is 6.10 Å². The number of rotatable bonds is 5. The van der Waals surface area contributed by atoms with Crippen LogP contribution in [0.5, 0.6) is 0 Å². The van der Waals surface area contributed by atoms with Crippen molar-refractivity contribution in [3.63, 3.8) is 0 Å². The Balaban J connectivity index is 1.50. The van der Waals surface area contributed by atoms with E-state index >= 15 is 0 Å². The van der Waals surface area contributed by atoms with Crippen molar-refractivity contribution in [2.75, 3.05) is 0 Å². The molecule has 0 spiro atoms. The van der Waals surface area contributed by atoms with E-state index in [2.05, 4.69) is 20.2 Å². The molecule has 0 saturated carbocycles. The molecule has 7 nitrogen and oxygen atoms in total. The minimum absolute atomic E-state index is 0.235. The summed E-state index contributed by atoms with van der Waals surface area (Å²) in [5.74, 6) is 0.133. The summed E-state index contributed by atoms with van der Waals surface area (Å²) in [4.78, 5) is 21.7. The molecule has 4 aromatic rings. The van der Waals surface area contributed by atoms with Crippen molar-refractivity contribution in [2.45, 2.75) is 20.0 Å². The monoisotopic (exact) mass is 392 g/mol. The molecule has 3 heterocycles. The number of benzene rings is 1. The van der Waals surface area contributed by atoms with Gasteiger partial charge in [0, 0.05) is 11.8 Å². The lowest BCUT2D eigenvalue weighted by molar-refractivity contribution is 0.0284. The highest BCUT2D eigenvalue weighted by atomic mass is 32.1. The van der Waals surface area contributed by atoms with Gasteiger partial charge in [-0.2, -0.15) is 0 Å². The number of esters is 1. The van der Waals surface area contributed by atoms with Crippen LogP contribution in [0.15, 0.2) is 59.1 Å². The van der Waals surface area contributed by atoms with Crippen molar-refractivity contribution in [3.05, 3.63) is 71.2 Å². The maximum absolute atomic E-state index is 12.6. The Labute approximate surface area is 165 Å². The minimum Gasteiger partial charge on any atom is -0.448 e. The average Bonchev–Trinajstić information content (AvgIpc) is 3.36. The molecule has 140 valence electrons. The van der Waals surface area contributed by atoms with Gasteiger partial charge < -0.3 is 9.15 Å². The van der Waals surface area contributed by atoms with E-state index in [1.165, 1.54) is 11.3 Å². The third-order valence-corrected chi connectivity index (χ3v) is 5.12. The third kappa shape index (κ3) is 3.67. The zero-order chi connectivity index (χ0) is 19.5. The number of pyridine rings is 1. The summed E-state index contributed by atoms with van der Waals surface area (Å²) in [7, 11) is 0. The summed E-state index contributed by atoms with van der Waals surface area (Å²) >= 11 is 1.25. The smallest absolute Gasteiger partial charge is 0.351 e. The molecule has 4 rings (SSSR count). The molecule has 0 aliphatic rings. The summed E-state index contributed by atoms with van der Waals surface area (Å²) in [6.45, 7) is 3.46. The highest BCUT2D eigenvalue weighted by molar-refractivity contribution is 7.17. The molecule has 0 amide bonds. The van der Waals surface area contributed by atoms with Crippen molar-refractivity contribution < 1.29 is 13.9 Å². The van der Waals surface area contributed by atoms with Crippen molar-refractivity contribution in [2.24, 2.45) is 0 Å². The van der Waals surface area contributed by atoms with Gasteiger partial charge in [0.2, 0.25) is 5.89 Å². The number of carbonyl (C=O) groups excluding carboxylic acids is 1. The first kappa shape index (κ1) is 18.0. The largest absolute Gasteiger partial charge is 0.448 e. The van der Waals surface area contributed by atoms with E-state index in [0.29, 0.717) is 27.2 Å². The van der Waals surface area contributed by atoms with E-state index in [1.54, 1.807) is 20.0 Å². The van der Waals surface area contributed by atoms with Crippen LogP contribution in [0.3, 0.4) is 0 Å². The van der Waals surface area contributed by atoms with E-state index in [1.807, 2.05) is 48.5 Å². The number of thiazole rings is 1. The molecule has 3 aromatic heterocycles. The second-order valence-electron chi connectivity index (χ2n) is 6.01. The van der Waals surface area contributed by atoms with Crippen LogP contribution < -0.4 is 0 Å². The number of hydrogen-bond acceptors (Lipinski definition) is 8. The lowest BCUT2D eigenvalue weighted by Crippen LogP contribution is -2.09. The summed E-state index contributed by atoms with van der Waals surface area (Å²) in [6.07, 6.45) is 1.00. The maximum atomic E-state index is 12.6. The van der Waals surface area contributed by atoms with Gasteiger partial charge in [0.25, 0.3) is 5.89 Å². The van der Waals surface area contributed by atoms with E-state index in [9.17, 15) is 4.79 Å². The zero-order valence-corrected chi connectivity index (χ0v) is 16.0. The number of hydrogen-bond donors (Lipinski definition) is 0. The molecule has 0 N–H and O–H groups in total. The van der Waals surface area contributed by atoms with E-state index < -0.39 is 12.1 Å². The van der Waals surface area contributed by atoms with Crippen LogP contribution >= 0.6 is 11.3 Å². The molecule has 0 aliphatic heterocycles. The van der Waals surface area contributed by atoms with Crippen LogP contribution in [0.2, 0.25) is 0 Å². The molecule has 1 unspecified atom stereocenters. The highest BCUT2D eigenvalue weighted by Crippen LogP contribution is 2.29. The maximum Gasteiger partial charge on any atom is 0.351 e. The number of aryl methyl sites for hydroxylation is 1. The topological polar surface area (TPSA) is 91.0 Å². The second kappa shape index (κ2) is 7.69. The lowest BCUT2D eigenvalue weighted by Gasteiger charge is -2.08.